The second-order valence-corrected chi connectivity index (χ2v) is 5.30. The molecule has 0 aliphatic heterocycles. The summed E-state index contributed by atoms with van der Waals surface area (Å²) in [5.74, 6) is 5.93. The van der Waals surface area contributed by atoms with Crippen molar-refractivity contribution in [1.29, 1.82) is 0 Å². The monoisotopic (exact) mass is 454 g/mol. The first-order valence-corrected chi connectivity index (χ1v) is 9.79. The molecule has 0 aromatic heterocycles. The number of unbranched alkanes of at least 4 members (excludes halogenated alkanes) is 3. The fraction of sp³-hybridized carbons (Fsp3) is 0.652. The quantitative estimate of drug-likeness (QED) is 0.262. The molecule has 25 heavy (non-hydrogen) atoms. The van der Waals surface area contributed by atoms with E-state index in [1.165, 1.54) is 38.5 Å². The van der Waals surface area contributed by atoms with Crippen LogP contribution in [0.15, 0.2) is 30.3 Å². The molecule has 0 aliphatic rings. The third kappa shape index (κ3) is 39.9. The van der Waals surface area contributed by atoms with Crippen molar-refractivity contribution in [3.8, 4) is 11.8 Å². The third-order valence-corrected chi connectivity index (χ3v) is 2.88. The molecular weight excluding hydrogens is 411 g/mol. The zero-order valence-corrected chi connectivity index (χ0v) is 20.8. The van der Waals surface area contributed by atoms with Crippen LogP contribution >= 0.6 is 0 Å². The van der Waals surface area contributed by atoms with Gasteiger partial charge in [0, 0.05) is 36.1 Å². The van der Waals surface area contributed by atoms with Gasteiger partial charge in [0.25, 0.3) is 0 Å². The summed E-state index contributed by atoms with van der Waals surface area (Å²) in [5, 5.41) is 0. The van der Waals surface area contributed by atoms with E-state index in [9.17, 15) is 0 Å². The molecule has 0 heterocycles. The van der Waals surface area contributed by atoms with E-state index in [1.807, 2.05) is 37.3 Å². The van der Waals surface area contributed by atoms with Gasteiger partial charge >= 0.3 is 0 Å². The van der Waals surface area contributed by atoms with E-state index in [1.54, 1.807) is 0 Å². The van der Waals surface area contributed by atoms with Crippen LogP contribution in [-0.4, -0.2) is 37.1 Å². The van der Waals surface area contributed by atoms with E-state index in [-0.39, 0.29) is 23.9 Å². The Morgan fingerprint density at radius 1 is 0.680 bits per heavy atom. The van der Waals surface area contributed by atoms with Crippen molar-refractivity contribution in [2.75, 3.05) is 13.2 Å². The van der Waals surface area contributed by atoms with Crippen molar-refractivity contribution in [3.63, 3.8) is 0 Å². The van der Waals surface area contributed by atoms with Gasteiger partial charge in [-0.25, -0.2) is 0 Å². The summed E-state index contributed by atoms with van der Waals surface area (Å²) in [7, 11) is 0. The molecule has 0 amide bonds. The number of hydrogen-bond donors (Lipinski definition) is 0. The fourth-order valence-corrected chi connectivity index (χ4v) is 0.813. The number of benzene rings is 1. The van der Waals surface area contributed by atoms with Crippen LogP contribution in [0.1, 0.15) is 92.6 Å². The minimum Gasteiger partial charge on any atom is -0.369 e. The van der Waals surface area contributed by atoms with Gasteiger partial charge in [0.1, 0.15) is 6.61 Å². The van der Waals surface area contributed by atoms with Crippen molar-refractivity contribution in [3.05, 3.63) is 35.9 Å². The van der Waals surface area contributed by atoms with Crippen molar-refractivity contribution >= 4 is 23.9 Å². The fourth-order valence-electron chi connectivity index (χ4n) is 0.813. The van der Waals surface area contributed by atoms with Crippen molar-refractivity contribution < 1.29 is 4.74 Å². The Hall–Kier alpha value is -0.461. The summed E-state index contributed by atoms with van der Waals surface area (Å²) in [4.78, 5) is 0. The molecule has 0 fully saturated rings. The zero-order chi connectivity index (χ0) is 18.9. The van der Waals surface area contributed by atoms with Crippen LogP contribution in [0.4, 0.5) is 0 Å². The number of ether oxygens (including phenoxy) is 1. The van der Waals surface area contributed by atoms with Crippen LogP contribution in [0.3, 0.4) is 0 Å². The normalized spacial score (nSPS) is 7.80. The molecule has 1 nitrogen and oxygen atoms in total. The average Bonchev–Trinajstić information content (AvgIpc) is 2.66. The largest absolute Gasteiger partial charge is 0.369 e. The number of rotatable bonds is 5. The van der Waals surface area contributed by atoms with Gasteiger partial charge in [0.2, 0.25) is 0 Å². The Balaban J connectivity index is -0.000000142. The van der Waals surface area contributed by atoms with E-state index in [4.69, 9.17) is 4.74 Å². The maximum Gasteiger partial charge on any atom is 0.108 e. The smallest absolute Gasteiger partial charge is 0.108 e. The first-order chi connectivity index (χ1) is 11.7. The molecule has 0 aliphatic carbocycles. The van der Waals surface area contributed by atoms with Gasteiger partial charge in [-0.15, -0.1) is 0 Å². The molecule has 0 unspecified atom stereocenters. The summed E-state index contributed by atoms with van der Waals surface area (Å²) >= 11 is 0. The first-order valence-electron chi connectivity index (χ1n) is 9.79. The molecule has 1 aromatic carbocycles. The number of hydrogen-bond acceptors (Lipinski definition) is 1. The summed E-state index contributed by atoms with van der Waals surface area (Å²) in [5.41, 5.74) is 1.04. The van der Waals surface area contributed by atoms with E-state index >= 15 is 0 Å². The van der Waals surface area contributed by atoms with Crippen molar-refractivity contribution in [2.45, 2.75) is 87.0 Å². The molecule has 1 rings (SSSR count). The van der Waals surface area contributed by atoms with Crippen LogP contribution in [0.2, 0.25) is 0 Å². The second-order valence-electron chi connectivity index (χ2n) is 5.30. The Morgan fingerprint density at radius 2 is 1.08 bits per heavy atom. The van der Waals surface area contributed by atoms with Gasteiger partial charge < -0.3 is 4.74 Å². The minimum atomic E-state index is 0. The molecule has 0 bridgehead atoms. The van der Waals surface area contributed by atoms with Gasteiger partial charge in [-0.3, -0.25) is 0 Å². The Bertz CT molecular complexity index is 336. The van der Waals surface area contributed by atoms with Gasteiger partial charge in [-0.2, -0.15) is 0 Å². The van der Waals surface area contributed by atoms with E-state index in [0.29, 0.717) is 6.61 Å². The molecule has 144 valence electrons. The molecular formula is C23H42OSn. The van der Waals surface area contributed by atoms with Crippen LogP contribution in [0.5, 0.6) is 0 Å². The van der Waals surface area contributed by atoms with E-state index in [0.717, 1.165) is 12.2 Å². The van der Waals surface area contributed by atoms with Crippen LogP contribution < -0.4 is 0 Å². The molecule has 0 saturated heterocycles. The second kappa shape index (κ2) is 34.8. The first kappa shape index (κ1) is 32.2. The molecule has 1 aromatic rings. The Labute approximate surface area is 176 Å². The van der Waals surface area contributed by atoms with E-state index < -0.39 is 0 Å². The van der Waals surface area contributed by atoms with Crippen LogP contribution in [0.25, 0.3) is 0 Å². The minimum absolute atomic E-state index is 0. The van der Waals surface area contributed by atoms with Crippen LogP contribution in [-0.2, 0) is 4.74 Å². The van der Waals surface area contributed by atoms with Gasteiger partial charge in [-0.1, -0.05) is 110 Å². The summed E-state index contributed by atoms with van der Waals surface area (Å²) < 4.78 is 5.08. The van der Waals surface area contributed by atoms with Gasteiger partial charge in [0.15, 0.2) is 0 Å². The van der Waals surface area contributed by atoms with E-state index in [2.05, 4.69) is 53.4 Å². The maximum absolute atomic E-state index is 5.08. The van der Waals surface area contributed by atoms with Gasteiger partial charge in [0.05, 0.1) is 0 Å². The summed E-state index contributed by atoms with van der Waals surface area (Å²) in [6.07, 6.45) is 7.92. The summed E-state index contributed by atoms with van der Waals surface area (Å²) in [6, 6.07) is 9.90. The molecule has 4 radical (unpaired) electrons. The van der Waals surface area contributed by atoms with Gasteiger partial charge in [-0.05, 0) is 19.1 Å². The molecule has 2 heteroatoms. The summed E-state index contributed by atoms with van der Waals surface area (Å²) in [6.45, 7) is 16.3. The topological polar surface area (TPSA) is 9.23 Å². The molecule has 0 N–H and O–H groups in total. The predicted octanol–water partition coefficient (Wildman–Crippen LogP) is 7.11. The Kier molecular flexibility index (Phi) is 44.9. The third-order valence-electron chi connectivity index (χ3n) is 2.88. The van der Waals surface area contributed by atoms with Crippen LogP contribution in [0, 0.1) is 11.8 Å². The standard InChI is InChI=1S/C11H12O.3C4H10.Sn/c1-2-12-10-6-9-11-7-4-3-5-8-11;3*1-3-4-2;/h3-5,7-8H,2,10H2,1H3;3*3-4H2,1-2H3;. The molecule has 0 saturated carbocycles. The zero-order valence-electron chi connectivity index (χ0n) is 18.0. The molecule has 0 atom stereocenters. The van der Waals surface area contributed by atoms with Crippen molar-refractivity contribution in [1.82, 2.24) is 0 Å². The van der Waals surface area contributed by atoms with Crippen molar-refractivity contribution in [2.24, 2.45) is 0 Å². The SMILES string of the molecule is CCCC.CCCC.CCCC.CCOCC#Cc1ccccc1.[Sn]. The average molecular weight is 453 g/mol. The predicted molar refractivity (Wildman–Crippen MR) is 117 cm³/mol. The Morgan fingerprint density at radius 3 is 1.40 bits per heavy atom. The molecule has 0 spiro atoms. The maximum atomic E-state index is 5.08.